The highest BCUT2D eigenvalue weighted by atomic mass is 16.5. The molecule has 0 unspecified atom stereocenters. The summed E-state index contributed by atoms with van der Waals surface area (Å²) in [7, 11) is 1.36. The Hall–Kier alpha value is -1.84. The van der Waals surface area contributed by atoms with Crippen LogP contribution in [0.5, 0.6) is 5.75 Å². The summed E-state index contributed by atoms with van der Waals surface area (Å²) < 4.78 is 10.5. The molecule has 0 heterocycles. The third kappa shape index (κ3) is 5.70. The van der Waals surface area contributed by atoms with Crippen molar-refractivity contribution < 1.29 is 19.1 Å². The number of carbonyl (C=O) groups excluding carboxylic acids is 2. The lowest BCUT2D eigenvalue weighted by Gasteiger charge is -2.19. The molecule has 0 aliphatic rings. The SMILES string of the molecule is COC(=O)CCCC(=O)c1cc(C(C)C)c(OC(C)C)cc1C. The number of hydrogen-bond acceptors (Lipinski definition) is 4. The Morgan fingerprint density at radius 1 is 1.09 bits per heavy atom. The lowest BCUT2D eigenvalue weighted by Crippen LogP contribution is -2.11. The molecule has 0 atom stereocenters. The Bertz CT molecular complexity index is 559. The number of carbonyl (C=O) groups is 2. The number of benzene rings is 1. The monoisotopic (exact) mass is 320 g/mol. The van der Waals surface area contributed by atoms with Crippen LogP contribution in [0.25, 0.3) is 0 Å². The first kappa shape index (κ1) is 19.2. The van der Waals surface area contributed by atoms with E-state index >= 15 is 0 Å². The zero-order chi connectivity index (χ0) is 17.6. The molecular weight excluding hydrogens is 292 g/mol. The maximum absolute atomic E-state index is 12.5. The van der Waals surface area contributed by atoms with Crippen molar-refractivity contribution in [3.63, 3.8) is 0 Å². The molecule has 0 N–H and O–H groups in total. The fourth-order valence-corrected chi connectivity index (χ4v) is 2.44. The van der Waals surface area contributed by atoms with Crippen LogP contribution >= 0.6 is 0 Å². The maximum Gasteiger partial charge on any atom is 0.305 e. The summed E-state index contributed by atoms with van der Waals surface area (Å²) in [6.45, 7) is 10.1. The molecule has 0 aliphatic carbocycles. The van der Waals surface area contributed by atoms with E-state index in [-0.39, 0.29) is 30.2 Å². The molecule has 0 radical (unpaired) electrons. The molecule has 0 bridgehead atoms. The van der Waals surface area contributed by atoms with E-state index in [0.29, 0.717) is 12.8 Å². The smallest absolute Gasteiger partial charge is 0.305 e. The van der Waals surface area contributed by atoms with E-state index in [0.717, 1.165) is 22.4 Å². The molecule has 1 aromatic rings. The van der Waals surface area contributed by atoms with Crippen molar-refractivity contribution in [1.82, 2.24) is 0 Å². The highest BCUT2D eigenvalue weighted by Crippen LogP contribution is 2.31. The number of methoxy groups -OCH3 is 1. The Morgan fingerprint density at radius 2 is 1.74 bits per heavy atom. The Morgan fingerprint density at radius 3 is 2.26 bits per heavy atom. The Labute approximate surface area is 139 Å². The molecule has 128 valence electrons. The van der Waals surface area contributed by atoms with Crippen LogP contribution in [0.15, 0.2) is 12.1 Å². The quantitative estimate of drug-likeness (QED) is 0.525. The molecule has 0 saturated carbocycles. The summed E-state index contributed by atoms with van der Waals surface area (Å²) in [5.41, 5.74) is 2.67. The van der Waals surface area contributed by atoms with Crippen molar-refractivity contribution in [3.8, 4) is 5.75 Å². The van der Waals surface area contributed by atoms with Crippen LogP contribution in [0.3, 0.4) is 0 Å². The third-order valence-corrected chi connectivity index (χ3v) is 3.65. The van der Waals surface area contributed by atoms with Gasteiger partial charge in [0.15, 0.2) is 5.78 Å². The first-order valence-electron chi connectivity index (χ1n) is 8.17. The van der Waals surface area contributed by atoms with Crippen LogP contribution in [0, 0.1) is 6.92 Å². The van der Waals surface area contributed by atoms with Crippen molar-refractivity contribution >= 4 is 11.8 Å². The molecular formula is C19H28O4. The molecule has 0 fully saturated rings. The van der Waals surface area contributed by atoms with Gasteiger partial charge in [-0.15, -0.1) is 0 Å². The van der Waals surface area contributed by atoms with Gasteiger partial charge >= 0.3 is 5.97 Å². The molecule has 0 aliphatic heterocycles. The summed E-state index contributed by atoms with van der Waals surface area (Å²) in [5, 5.41) is 0. The highest BCUT2D eigenvalue weighted by Gasteiger charge is 2.17. The minimum atomic E-state index is -0.280. The van der Waals surface area contributed by atoms with Crippen LogP contribution in [0.2, 0.25) is 0 Å². The highest BCUT2D eigenvalue weighted by molar-refractivity contribution is 5.98. The first-order chi connectivity index (χ1) is 10.8. The average Bonchev–Trinajstić information content (AvgIpc) is 2.45. The number of Topliss-reactive ketones (excluding diaryl/α,β-unsaturated/α-hetero) is 1. The summed E-state index contributed by atoms with van der Waals surface area (Å²) in [4.78, 5) is 23.6. The maximum atomic E-state index is 12.5. The molecule has 0 saturated heterocycles. The molecule has 4 nitrogen and oxygen atoms in total. The predicted molar refractivity (Wildman–Crippen MR) is 91.2 cm³/mol. The number of hydrogen-bond donors (Lipinski definition) is 0. The molecule has 0 spiro atoms. The second-order valence-corrected chi connectivity index (χ2v) is 6.38. The van der Waals surface area contributed by atoms with Gasteiger partial charge in [-0.25, -0.2) is 0 Å². The van der Waals surface area contributed by atoms with Crippen molar-refractivity contribution in [2.75, 3.05) is 7.11 Å². The van der Waals surface area contributed by atoms with E-state index in [2.05, 4.69) is 18.6 Å². The van der Waals surface area contributed by atoms with Gasteiger partial charge in [-0.3, -0.25) is 9.59 Å². The largest absolute Gasteiger partial charge is 0.491 e. The third-order valence-electron chi connectivity index (χ3n) is 3.65. The van der Waals surface area contributed by atoms with Gasteiger partial charge in [-0.1, -0.05) is 13.8 Å². The topological polar surface area (TPSA) is 52.6 Å². The lowest BCUT2D eigenvalue weighted by atomic mass is 9.93. The molecule has 0 aromatic heterocycles. The second-order valence-electron chi connectivity index (χ2n) is 6.38. The van der Waals surface area contributed by atoms with Gasteiger partial charge in [-0.2, -0.15) is 0 Å². The fourth-order valence-electron chi connectivity index (χ4n) is 2.44. The normalized spacial score (nSPS) is 11.0. The van der Waals surface area contributed by atoms with Gasteiger partial charge in [0.1, 0.15) is 5.75 Å². The summed E-state index contributed by atoms with van der Waals surface area (Å²) >= 11 is 0. The van der Waals surface area contributed by atoms with Gasteiger partial charge < -0.3 is 9.47 Å². The van der Waals surface area contributed by atoms with Gasteiger partial charge in [0.2, 0.25) is 0 Å². The Balaban J connectivity index is 2.96. The van der Waals surface area contributed by atoms with E-state index in [9.17, 15) is 9.59 Å². The Kier molecular flexibility index (Phi) is 7.27. The van der Waals surface area contributed by atoms with E-state index in [1.165, 1.54) is 7.11 Å². The fraction of sp³-hybridized carbons (Fsp3) is 0.579. The zero-order valence-electron chi connectivity index (χ0n) is 15.1. The minimum absolute atomic E-state index is 0.0596. The van der Waals surface area contributed by atoms with Gasteiger partial charge in [-0.05, 0) is 56.4 Å². The second kappa shape index (κ2) is 8.70. The molecule has 0 amide bonds. The molecule has 23 heavy (non-hydrogen) atoms. The number of esters is 1. The summed E-state index contributed by atoms with van der Waals surface area (Å²) in [6.07, 6.45) is 1.21. The summed E-state index contributed by atoms with van der Waals surface area (Å²) in [5.74, 6) is 0.895. The summed E-state index contributed by atoms with van der Waals surface area (Å²) in [6, 6.07) is 3.89. The van der Waals surface area contributed by atoms with Crippen LogP contribution < -0.4 is 4.74 Å². The van der Waals surface area contributed by atoms with E-state index < -0.39 is 0 Å². The van der Waals surface area contributed by atoms with Crippen LogP contribution in [-0.4, -0.2) is 25.0 Å². The minimum Gasteiger partial charge on any atom is -0.491 e. The van der Waals surface area contributed by atoms with Gasteiger partial charge in [0.25, 0.3) is 0 Å². The van der Waals surface area contributed by atoms with E-state index in [1.54, 1.807) is 0 Å². The standard InChI is InChI=1S/C19H28O4/c1-12(2)15-11-16(14(5)10-18(15)23-13(3)4)17(20)8-7-9-19(21)22-6/h10-13H,7-9H2,1-6H3. The van der Waals surface area contributed by atoms with E-state index in [1.807, 2.05) is 32.9 Å². The average molecular weight is 320 g/mol. The number of aryl methyl sites for hydroxylation is 1. The molecule has 1 rings (SSSR count). The zero-order valence-corrected chi connectivity index (χ0v) is 15.1. The van der Waals surface area contributed by atoms with Crippen LogP contribution in [-0.2, 0) is 9.53 Å². The van der Waals surface area contributed by atoms with Crippen molar-refractivity contribution in [3.05, 3.63) is 28.8 Å². The van der Waals surface area contributed by atoms with Gasteiger partial charge in [0.05, 0.1) is 13.2 Å². The predicted octanol–water partition coefficient (Wildman–Crippen LogP) is 4.43. The van der Waals surface area contributed by atoms with Crippen molar-refractivity contribution in [2.45, 2.75) is 65.9 Å². The lowest BCUT2D eigenvalue weighted by molar-refractivity contribution is -0.140. The van der Waals surface area contributed by atoms with E-state index in [4.69, 9.17) is 4.74 Å². The first-order valence-corrected chi connectivity index (χ1v) is 8.17. The van der Waals surface area contributed by atoms with Crippen LogP contribution in [0.4, 0.5) is 0 Å². The van der Waals surface area contributed by atoms with Crippen LogP contribution in [0.1, 0.15) is 74.4 Å². The molecule has 4 heteroatoms. The number of rotatable bonds is 8. The van der Waals surface area contributed by atoms with Crippen molar-refractivity contribution in [2.24, 2.45) is 0 Å². The number of ketones is 1. The molecule has 1 aromatic carbocycles. The van der Waals surface area contributed by atoms with Gasteiger partial charge in [0, 0.05) is 18.4 Å². The number of ether oxygens (including phenoxy) is 2. The van der Waals surface area contributed by atoms with Crippen molar-refractivity contribution in [1.29, 1.82) is 0 Å².